The number of nitrogens with one attached hydrogen (secondary N) is 1. The van der Waals surface area contributed by atoms with Crippen LogP contribution in [0, 0.1) is 12.7 Å². The average Bonchev–Trinajstić information content (AvgIpc) is 3.06. The van der Waals surface area contributed by atoms with Crippen LogP contribution in [0.25, 0.3) is 5.70 Å². The maximum absolute atomic E-state index is 13.6. The molecule has 0 fully saturated rings. The topological polar surface area (TPSA) is 42.7 Å². The molecule has 0 saturated heterocycles. The molecule has 2 heterocycles. The first-order valence-corrected chi connectivity index (χ1v) is 8.31. The van der Waals surface area contributed by atoms with Gasteiger partial charge in [0.1, 0.15) is 18.2 Å². The number of rotatable bonds is 2. The summed E-state index contributed by atoms with van der Waals surface area (Å²) in [5, 5.41) is 7.60. The quantitative estimate of drug-likeness (QED) is 0.704. The third-order valence-electron chi connectivity index (χ3n) is 4.06. The molecule has 24 heavy (non-hydrogen) atoms. The molecule has 2 aromatic carbocycles. The van der Waals surface area contributed by atoms with Crippen molar-refractivity contribution in [3.05, 3.63) is 81.8 Å². The van der Waals surface area contributed by atoms with E-state index in [0.717, 1.165) is 16.8 Å². The summed E-state index contributed by atoms with van der Waals surface area (Å²) in [6.45, 7) is 2.06. The first-order valence-electron chi connectivity index (χ1n) is 7.52. The molecular weight excluding hydrogens is 371 g/mol. The summed E-state index contributed by atoms with van der Waals surface area (Å²) in [5.41, 5.74) is 4.17. The van der Waals surface area contributed by atoms with Gasteiger partial charge in [0.25, 0.3) is 0 Å². The van der Waals surface area contributed by atoms with E-state index in [1.165, 1.54) is 18.0 Å². The number of aromatic nitrogens is 3. The van der Waals surface area contributed by atoms with Gasteiger partial charge in [0.15, 0.2) is 0 Å². The zero-order valence-electron chi connectivity index (χ0n) is 12.9. The van der Waals surface area contributed by atoms with Crippen LogP contribution in [-0.2, 0) is 0 Å². The maximum Gasteiger partial charge on any atom is 0.226 e. The van der Waals surface area contributed by atoms with Crippen LogP contribution in [0.15, 0.2) is 59.3 Å². The number of anilines is 1. The molecule has 4 nitrogen and oxygen atoms in total. The molecule has 0 unspecified atom stereocenters. The van der Waals surface area contributed by atoms with Gasteiger partial charge in [-0.25, -0.2) is 9.07 Å². The maximum atomic E-state index is 13.6. The second-order valence-electron chi connectivity index (χ2n) is 5.72. The lowest BCUT2D eigenvalue weighted by Crippen LogP contribution is -2.20. The summed E-state index contributed by atoms with van der Waals surface area (Å²) in [7, 11) is 0. The van der Waals surface area contributed by atoms with Crippen LogP contribution in [0.5, 0.6) is 0 Å². The molecular formula is C18H14BrFN4. The van der Waals surface area contributed by atoms with Crippen LogP contribution in [-0.4, -0.2) is 14.8 Å². The van der Waals surface area contributed by atoms with Crippen molar-refractivity contribution in [3.8, 4) is 0 Å². The number of hydrogen-bond acceptors (Lipinski definition) is 3. The van der Waals surface area contributed by atoms with E-state index < -0.39 is 0 Å². The minimum atomic E-state index is -0.283. The van der Waals surface area contributed by atoms with Crippen molar-refractivity contribution in [3.63, 3.8) is 0 Å². The fourth-order valence-corrected chi connectivity index (χ4v) is 3.17. The van der Waals surface area contributed by atoms with E-state index in [-0.39, 0.29) is 11.9 Å². The number of hydrogen-bond donors (Lipinski definition) is 1. The molecule has 1 aliphatic heterocycles. The van der Waals surface area contributed by atoms with Gasteiger partial charge in [-0.2, -0.15) is 10.1 Å². The highest BCUT2D eigenvalue weighted by Gasteiger charge is 2.23. The van der Waals surface area contributed by atoms with Gasteiger partial charge in [-0.3, -0.25) is 0 Å². The summed E-state index contributed by atoms with van der Waals surface area (Å²) in [5.74, 6) is 0.382. The summed E-state index contributed by atoms with van der Waals surface area (Å²) in [6, 6.07) is 13.1. The molecule has 1 atom stereocenters. The minimum Gasteiger partial charge on any atom is -0.324 e. The summed E-state index contributed by atoms with van der Waals surface area (Å²) < 4.78 is 15.8. The Morgan fingerprint density at radius 2 is 1.96 bits per heavy atom. The first-order chi connectivity index (χ1) is 11.6. The Balaban J connectivity index is 1.81. The zero-order chi connectivity index (χ0) is 16.7. The molecule has 1 N–H and O–H groups in total. The SMILES string of the molecule is Cc1ccc(C2=C[C@@H](c3ccc(F)c(Br)c3)n3ncnc3N2)cc1. The second-order valence-corrected chi connectivity index (χ2v) is 6.57. The molecule has 4 rings (SSSR count). The van der Waals surface area contributed by atoms with Crippen LogP contribution >= 0.6 is 15.9 Å². The molecule has 0 amide bonds. The molecule has 3 aromatic rings. The Morgan fingerprint density at radius 1 is 1.17 bits per heavy atom. The van der Waals surface area contributed by atoms with E-state index in [9.17, 15) is 4.39 Å². The van der Waals surface area contributed by atoms with Gasteiger partial charge in [-0.15, -0.1) is 0 Å². The lowest BCUT2D eigenvalue weighted by atomic mass is 10.0. The van der Waals surface area contributed by atoms with Crippen molar-refractivity contribution < 1.29 is 4.39 Å². The van der Waals surface area contributed by atoms with Crippen molar-refractivity contribution in [2.24, 2.45) is 0 Å². The molecule has 1 aliphatic rings. The number of nitrogens with zero attached hydrogens (tertiary/aromatic N) is 3. The molecule has 6 heteroatoms. The van der Waals surface area contributed by atoms with Crippen molar-refractivity contribution in [2.75, 3.05) is 5.32 Å². The van der Waals surface area contributed by atoms with Gasteiger partial charge in [-0.05, 0) is 52.2 Å². The predicted molar refractivity (Wildman–Crippen MR) is 95.0 cm³/mol. The van der Waals surface area contributed by atoms with Gasteiger partial charge in [0.2, 0.25) is 5.95 Å². The monoisotopic (exact) mass is 384 g/mol. The van der Waals surface area contributed by atoms with Crippen molar-refractivity contribution in [2.45, 2.75) is 13.0 Å². The zero-order valence-corrected chi connectivity index (χ0v) is 14.5. The molecule has 0 aliphatic carbocycles. The Labute approximate surface area is 147 Å². The van der Waals surface area contributed by atoms with Crippen molar-refractivity contribution in [1.82, 2.24) is 14.8 Å². The molecule has 0 spiro atoms. The van der Waals surface area contributed by atoms with E-state index in [4.69, 9.17) is 0 Å². The van der Waals surface area contributed by atoms with Crippen LogP contribution < -0.4 is 5.32 Å². The fourth-order valence-electron chi connectivity index (χ4n) is 2.77. The molecule has 1 aromatic heterocycles. The standard InChI is InChI=1S/C18H14BrFN4/c1-11-2-4-12(5-3-11)16-9-17(24-18(23-16)21-10-22-24)13-6-7-15(20)14(19)8-13/h2-10,17H,1H3,(H,21,22,23)/t17-/m0/s1. The lowest BCUT2D eigenvalue weighted by Gasteiger charge is -2.24. The molecule has 0 saturated carbocycles. The molecule has 0 bridgehead atoms. The van der Waals surface area contributed by atoms with Crippen LogP contribution in [0.2, 0.25) is 0 Å². The first kappa shape index (κ1) is 15.1. The van der Waals surface area contributed by atoms with Gasteiger partial charge in [0.05, 0.1) is 4.47 Å². The van der Waals surface area contributed by atoms with Crippen LogP contribution in [0.4, 0.5) is 10.3 Å². The van der Waals surface area contributed by atoms with Crippen molar-refractivity contribution in [1.29, 1.82) is 0 Å². The van der Waals surface area contributed by atoms with E-state index in [0.29, 0.717) is 10.4 Å². The summed E-state index contributed by atoms with van der Waals surface area (Å²) in [4.78, 5) is 4.28. The van der Waals surface area contributed by atoms with Gasteiger partial charge in [0, 0.05) is 5.70 Å². The Hall–Kier alpha value is -2.47. The van der Waals surface area contributed by atoms with E-state index in [2.05, 4.69) is 68.6 Å². The van der Waals surface area contributed by atoms with E-state index in [1.807, 2.05) is 0 Å². The molecule has 120 valence electrons. The Bertz CT molecular complexity index is 930. The number of benzene rings is 2. The summed E-state index contributed by atoms with van der Waals surface area (Å²) >= 11 is 3.25. The second kappa shape index (κ2) is 5.87. The predicted octanol–water partition coefficient (Wildman–Crippen LogP) is 4.54. The highest BCUT2D eigenvalue weighted by Crippen LogP contribution is 2.33. The largest absolute Gasteiger partial charge is 0.324 e. The Kier molecular flexibility index (Phi) is 3.69. The molecule has 0 radical (unpaired) electrons. The van der Waals surface area contributed by atoms with Gasteiger partial charge in [-0.1, -0.05) is 35.9 Å². The van der Waals surface area contributed by atoms with Gasteiger partial charge >= 0.3 is 0 Å². The number of allylic oxidation sites excluding steroid dienone is 1. The van der Waals surface area contributed by atoms with Gasteiger partial charge < -0.3 is 5.32 Å². The van der Waals surface area contributed by atoms with E-state index >= 15 is 0 Å². The highest BCUT2D eigenvalue weighted by atomic mass is 79.9. The third-order valence-corrected chi connectivity index (χ3v) is 4.66. The lowest BCUT2D eigenvalue weighted by molar-refractivity contribution is 0.599. The smallest absolute Gasteiger partial charge is 0.226 e. The van der Waals surface area contributed by atoms with Crippen LogP contribution in [0.3, 0.4) is 0 Å². The Morgan fingerprint density at radius 3 is 2.71 bits per heavy atom. The highest BCUT2D eigenvalue weighted by molar-refractivity contribution is 9.10. The number of halogens is 2. The normalized spacial score (nSPS) is 16.3. The number of fused-ring (bicyclic) bond motifs is 1. The van der Waals surface area contributed by atoms with Crippen LogP contribution in [0.1, 0.15) is 22.7 Å². The number of aryl methyl sites for hydroxylation is 1. The van der Waals surface area contributed by atoms with E-state index in [1.54, 1.807) is 16.8 Å². The third kappa shape index (κ3) is 2.63. The average molecular weight is 385 g/mol. The summed E-state index contributed by atoms with van der Waals surface area (Å²) in [6.07, 6.45) is 3.59. The minimum absolute atomic E-state index is 0.156. The fraction of sp³-hybridized carbons (Fsp3) is 0.111. The van der Waals surface area contributed by atoms with Crippen molar-refractivity contribution >= 4 is 27.6 Å².